The fourth-order valence-corrected chi connectivity index (χ4v) is 1.95. The molecule has 0 amide bonds. The number of ether oxygens (including phenoxy) is 1. The van der Waals surface area contributed by atoms with E-state index in [1.54, 1.807) is 37.6 Å². The van der Waals surface area contributed by atoms with Gasteiger partial charge in [-0.05, 0) is 18.2 Å². The van der Waals surface area contributed by atoms with Crippen molar-refractivity contribution in [2.24, 2.45) is 0 Å². The average molecular weight is 276 g/mol. The molecule has 0 aliphatic carbocycles. The van der Waals surface area contributed by atoms with E-state index in [9.17, 15) is 0 Å². The number of methoxy groups -OCH3 is 1. The average Bonchev–Trinajstić information content (AvgIpc) is 2.85. The van der Waals surface area contributed by atoms with Crippen molar-refractivity contribution in [1.82, 2.24) is 9.97 Å². The van der Waals surface area contributed by atoms with Crippen molar-refractivity contribution in [2.45, 2.75) is 0 Å². The summed E-state index contributed by atoms with van der Waals surface area (Å²) in [6.07, 6.45) is 1.65. The summed E-state index contributed by atoms with van der Waals surface area (Å²) < 4.78 is 10.9. The van der Waals surface area contributed by atoms with Gasteiger partial charge in [-0.25, -0.2) is 4.98 Å². The summed E-state index contributed by atoms with van der Waals surface area (Å²) >= 11 is 6.03. The molecule has 0 bridgehead atoms. The smallest absolute Gasteiger partial charge is 0.232 e. The highest BCUT2D eigenvalue weighted by molar-refractivity contribution is 6.33. The van der Waals surface area contributed by atoms with Crippen molar-refractivity contribution in [3.8, 4) is 17.2 Å². The number of fused-ring (bicyclic) bond motifs is 1. The maximum atomic E-state index is 6.03. The number of benzene rings is 1. The van der Waals surface area contributed by atoms with E-state index >= 15 is 0 Å². The number of halogens is 1. The van der Waals surface area contributed by atoms with Crippen LogP contribution in [0.5, 0.6) is 5.75 Å². The van der Waals surface area contributed by atoms with E-state index in [4.69, 9.17) is 26.5 Å². The molecule has 3 rings (SSSR count). The predicted octanol–water partition coefficient (Wildman–Crippen LogP) is 3.13. The quantitative estimate of drug-likeness (QED) is 0.727. The number of rotatable bonds is 2. The van der Waals surface area contributed by atoms with Gasteiger partial charge in [-0.15, -0.1) is 0 Å². The molecule has 0 atom stereocenters. The van der Waals surface area contributed by atoms with Crippen LogP contribution in [0, 0.1) is 0 Å². The second-order valence-electron chi connectivity index (χ2n) is 3.92. The van der Waals surface area contributed by atoms with Gasteiger partial charge < -0.3 is 14.9 Å². The highest BCUT2D eigenvalue weighted by Gasteiger charge is 2.15. The third-order valence-electron chi connectivity index (χ3n) is 2.71. The van der Waals surface area contributed by atoms with Crippen LogP contribution in [0.3, 0.4) is 0 Å². The fourth-order valence-electron chi connectivity index (χ4n) is 1.79. The normalized spacial score (nSPS) is 10.8. The Labute approximate surface area is 114 Å². The third kappa shape index (κ3) is 1.98. The van der Waals surface area contributed by atoms with Gasteiger partial charge in [0.15, 0.2) is 11.2 Å². The summed E-state index contributed by atoms with van der Waals surface area (Å²) in [5.74, 6) is 0.945. The summed E-state index contributed by atoms with van der Waals surface area (Å²) in [5, 5.41) is 0.422. The second-order valence-corrected chi connectivity index (χ2v) is 4.33. The summed E-state index contributed by atoms with van der Waals surface area (Å²) in [5.41, 5.74) is 7.96. The summed E-state index contributed by atoms with van der Waals surface area (Å²) in [6, 6.07) is 6.88. The van der Waals surface area contributed by atoms with Crippen molar-refractivity contribution in [3.63, 3.8) is 0 Å². The van der Waals surface area contributed by atoms with E-state index < -0.39 is 0 Å². The lowest BCUT2D eigenvalue weighted by Gasteiger charge is -2.07. The van der Waals surface area contributed by atoms with Crippen molar-refractivity contribution >= 4 is 28.5 Å². The Morgan fingerprint density at radius 2 is 2.21 bits per heavy atom. The zero-order valence-corrected chi connectivity index (χ0v) is 10.8. The molecular formula is C13H10ClN3O2. The van der Waals surface area contributed by atoms with Gasteiger partial charge in [0.25, 0.3) is 0 Å². The molecule has 6 heteroatoms. The molecule has 0 saturated carbocycles. The predicted molar refractivity (Wildman–Crippen MR) is 73.2 cm³/mol. The van der Waals surface area contributed by atoms with Crippen molar-refractivity contribution in [2.75, 3.05) is 12.8 Å². The minimum Gasteiger partial charge on any atom is -0.496 e. The number of nitrogens with zero attached hydrogens (tertiary/aromatic N) is 2. The number of nitrogen functional groups attached to an aromatic ring is 1. The molecule has 2 aromatic heterocycles. The van der Waals surface area contributed by atoms with Gasteiger partial charge in [-0.2, -0.15) is 4.98 Å². The highest BCUT2D eigenvalue weighted by Crippen LogP contribution is 2.36. The molecule has 0 saturated heterocycles. The zero-order chi connectivity index (χ0) is 13.4. The lowest BCUT2D eigenvalue weighted by Crippen LogP contribution is -1.93. The van der Waals surface area contributed by atoms with Crippen LogP contribution in [0.2, 0.25) is 5.02 Å². The molecule has 0 aliphatic rings. The molecule has 0 unspecified atom stereocenters. The SMILES string of the molecule is COc1cc(N)c(Cl)cc1-c1nc2ncccc2o1. The molecule has 96 valence electrons. The van der Waals surface area contributed by atoms with Crippen LogP contribution in [0.25, 0.3) is 22.7 Å². The topological polar surface area (TPSA) is 74.2 Å². The lowest BCUT2D eigenvalue weighted by atomic mass is 10.2. The van der Waals surface area contributed by atoms with E-state index in [2.05, 4.69) is 9.97 Å². The number of aromatic nitrogens is 2. The minimum absolute atomic E-state index is 0.396. The number of anilines is 1. The maximum absolute atomic E-state index is 6.03. The van der Waals surface area contributed by atoms with E-state index in [0.29, 0.717) is 39.1 Å². The van der Waals surface area contributed by atoms with Crippen LogP contribution in [-0.2, 0) is 0 Å². The third-order valence-corrected chi connectivity index (χ3v) is 3.04. The number of nitrogens with two attached hydrogens (primary N) is 1. The molecule has 0 fully saturated rings. The summed E-state index contributed by atoms with van der Waals surface area (Å²) in [4.78, 5) is 8.42. The number of oxazole rings is 1. The Kier molecular flexibility index (Phi) is 2.76. The second kappa shape index (κ2) is 4.44. The van der Waals surface area contributed by atoms with Gasteiger partial charge in [0.2, 0.25) is 5.89 Å². The largest absolute Gasteiger partial charge is 0.496 e. The fraction of sp³-hybridized carbons (Fsp3) is 0.0769. The molecule has 0 aliphatic heterocycles. The first-order valence-corrected chi connectivity index (χ1v) is 5.92. The lowest BCUT2D eigenvalue weighted by molar-refractivity contribution is 0.415. The molecule has 3 aromatic rings. The van der Waals surface area contributed by atoms with Crippen molar-refractivity contribution in [3.05, 3.63) is 35.5 Å². The molecule has 1 aromatic carbocycles. The minimum atomic E-state index is 0.396. The molecule has 2 N–H and O–H groups in total. The van der Waals surface area contributed by atoms with Gasteiger partial charge in [0.1, 0.15) is 5.75 Å². The molecule has 0 radical (unpaired) electrons. The van der Waals surface area contributed by atoms with Gasteiger partial charge in [0.05, 0.1) is 23.4 Å². The first kappa shape index (κ1) is 11.8. The highest BCUT2D eigenvalue weighted by atomic mass is 35.5. The van der Waals surface area contributed by atoms with Crippen LogP contribution >= 0.6 is 11.6 Å². The molecule has 5 nitrogen and oxygen atoms in total. The Bertz CT molecular complexity index is 722. The monoisotopic (exact) mass is 275 g/mol. The summed E-state index contributed by atoms with van der Waals surface area (Å²) in [7, 11) is 1.55. The molecule has 2 heterocycles. The number of hydrogen-bond acceptors (Lipinski definition) is 5. The maximum Gasteiger partial charge on any atom is 0.232 e. The number of hydrogen-bond donors (Lipinski definition) is 1. The number of pyridine rings is 1. The first-order chi connectivity index (χ1) is 9.19. The van der Waals surface area contributed by atoms with E-state index in [-0.39, 0.29) is 0 Å². The van der Waals surface area contributed by atoms with Gasteiger partial charge in [-0.1, -0.05) is 11.6 Å². The van der Waals surface area contributed by atoms with Gasteiger partial charge >= 0.3 is 0 Å². The van der Waals surface area contributed by atoms with Gasteiger partial charge in [0, 0.05) is 12.3 Å². The van der Waals surface area contributed by atoms with E-state index in [0.717, 1.165) is 0 Å². The van der Waals surface area contributed by atoms with Crippen LogP contribution in [0.1, 0.15) is 0 Å². The van der Waals surface area contributed by atoms with Crippen molar-refractivity contribution in [1.29, 1.82) is 0 Å². The zero-order valence-electron chi connectivity index (χ0n) is 10.1. The van der Waals surface area contributed by atoms with Crippen molar-refractivity contribution < 1.29 is 9.15 Å². The molecular weight excluding hydrogens is 266 g/mol. The van der Waals surface area contributed by atoms with Crippen LogP contribution in [0.4, 0.5) is 5.69 Å². The Morgan fingerprint density at radius 1 is 1.37 bits per heavy atom. The van der Waals surface area contributed by atoms with E-state index in [1.165, 1.54) is 0 Å². The first-order valence-electron chi connectivity index (χ1n) is 5.54. The van der Waals surface area contributed by atoms with Gasteiger partial charge in [-0.3, -0.25) is 0 Å². The summed E-state index contributed by atoms with van der Waals surface area (Å²) in [6.45, 7) is 0. The Balaban J connectivity index is 2.22. The Morgan fingerprint density at radius 3 is 2.95 bits per heavy atom. The Hall–Kier alpha value is -2.27. The molecule has 19 heavy (non-hydrogen) atoms. The van der Waals surface area contributed by atoms with Crippen LogP contribution in [0.15, 0.2) is 34.9 Å². The van der Waals surface area contributed by atoms with Crippen LogP contribution in [-0.4, -0.2) is 17.1 Å². The standard InChI is InChI=1S/C13H10ClN3O2/c1-18-11-6-9(15)8(14)5-7(11)13-17-12-10(19-13)3-2-4-16-12/h2-6H,15H2,1H3. The molecule has 0 spiro atoms. The van der Waals surface area contributed by atoms with Crippen LogP contribution < -0.4 is 10.5 Å². The van der Waals surface area contributed by atoms with E-state index in [1.807, 2.05) is 0 Å².